The summed E-state index contributed by atoms with van der Waals surface area (Å²) >= 11 is 0. The number of nitrogens with zero attached hydrogens (tertiary/aromatic N) is 4. The molecule has 34 heavy (non-hydrogen) atoms. The monoisotopic (exact) mass is 462 g/mol. The summed E-state index contributed by atoms with van der Waals surface area (Å²) in [6.07, 6.45) is 7.34. The molecule has 1 fully saturated rings. The van der Waals surface area contributed by atoms with E-state index >= 15 is 0 Å². The molecule has 1 aliphatic heterocycles. The molecule has 1 amide bonds. The van der Waals surface area contributed by atoms with E-state index in [0.29, 0.717) is 11.6 Å². The zero-order chi connectivity index (χ0) is 24.3. The van der Waals surface area contributed by atoms with Crippen molar-refractivity contribution in [3.8, 4) is 11.4 Å². The molecule has 0 aliphatic carbocycles. The summed E-state index contributed by atoms with van der Waals surface area (Å²) in [4.78, 5) is 23.2. The Morgan fingerprint density at radius 2 is 2.03 bits per heavy atom. The minimum absolute atomic E-state index is 0.0452. The fourth-order valence-electron chi connectivity index (χ4n) is 4.13. The number of ether oxygens (including phenoxy) is 2. The molecule has 3 aromatic rings. The number of halogens is 1. The number of aromatic nitrogens is 2. The highest BCUT2D eigenvalue weighted by atomic mass is 19.1. The molecule has 0 radical (unpaired) electrons. The van der Waals surface area contributed by atoms with Crippen LogP contribution in [0.5, 0.6) is 5.75 Å². The van der Waals surface area contributed by atoms with Crippen LogP contribution in [0.3, 0.4) is 0 Å². The van der Waals surface area contributed by atoms with Gasteiger partial charge in [0.1, 0.15) is 24.0 Å². The highest BCUT2D eigenvalue weighted by molar-refractivity contribution is 6.07. The topological polar surface area (TPSA) is 69.0 Å². The zero-order valence-corrected chi connectivity index (χ0v) is 19.7. The average Bonchev–Trinajstić information content (AvgIpc) is 3.27. The highest BCUT2D eigenvalue weighted by Gasteiger charge is 2.43. The normalized spacial score (nSPS) is 19.1. The summed E-state index contributed by atoms with van der Waals surface area (Å²) in [6.45, 7) is 4.04. The molecule has 1 aromatic heterocycles. The molecule has 0 saturated carbocycles. The Morgan fingerprint density at radius 3 is 2.68 bits per heavy atom. The molecule has 7 nitrogen and oxygen atoms in total. The van der Waals surface area contributed by atoms with Gasteiger partial charge in [-0.2, -0.15) is 0 Å². The van der Waals surface area contributed by atoms with Gasteiger partial charge in [0.2, 0.25) is 0 Å². The molecule has 1 saturated heterocycles. The van der Waals surface area contributed by atoms with Gasteiger partial charge in [-0.15, -0.1) is 0 Å². The smallest absolute Gasteiger partial charge is 0.255 e. The molecule has 4 rings (SSSR count). The van der Waals surface area contributed by atoms with Gasteiger partial charge in [0.15, 0.2) is 0 Å². The van der Waals surface area contributed by atoms with Gasteiger partial charge in [0.05, 0.1) is 37.0 Å². The van der Waals surface area contributed by atoms with Crippen molar-refractivity contribution in [1.29, 1.82) is 0 Å². The van der Waals surface area contributed by atoms with Crippen LogP contribution >= 0.6 is 0 Å². The molecule has 0 N–H and O–H groups in total. The molecule has 2 aromatic carbocycles. The highest BCUT2D eigenvalue weighted by Crippen LogP contribution is 2.33. The molecule has 8 heteroatoms. The second-order valence-electron chi connectivity index (χ2n) is 8.27. The van der Waals surface area contributed by atoms with E-state index in [4.69, 9.17) is 9.47 Å². The molecule has 1 atom stereocenters. The fraction of sp³-hybridized carbons (Fsp3) is 0.269. The van der Waals surface area contributed by atoms with Crippen LogP contribution in [0.4, 0.5) is 4.39 Å². The van der Waals surface area contributed by atoms with Crippen LogP contribution in [0.2, 0.25) is 0 Å². The van der Waals surface area contributed by atoms with Gasteiger partial charge < -0.3 is 14.0 Å². The van der Waals surface area contributed by atoms with Crippen LogP contribution < -0.4 is 4.74 Å². The van der Waals surface area contributed by atoms with Gasteiger partial charge in [-0.05, 0) is 55.3 Å². The Labute approximate surface area is 198 Å². The summed E-state index contributed by atoms with van der Waals surface area (Å²) in [5.74, 6) is 0.614. The van der Waals surface area contributed by atoms with Crippen molar-refractivity contribution in [2.24, 2.45) is 4.99 Å². The second-order valence-corrected chi connectivity index (χ2v) is 8.27. The van der Waals surface area contributed by atoms with Crippen LogP contribution in [-0.2, 0) is 15.1 Å². The first-order valence-electron chi connectivity index (χ1n) is 10.9. The Morgan fingerprint density at radius 1 is 1.26 bits per heavy atom. The number of aryl methyl sites for hydroxylation is 1. The summed E-state index contributed by atoms with van der Waals surface area (Å²) < 4.78 is 26.6. The van der Waals surface area contributed by atoms with Crippen LogP contribution in [0.25, 0.3) is 11.8 Å². The summed E-state index contributed by atoms with van der Waals surface area (Å²) in [7, 11) is 3.26. The van der Waals surface area contributed by atoms with Crippen molar-refractivity contribution in [3.63, 3.8) is 0 Å². The minimum atomic E-state index is -0.830. The first-order chi connectivity index (χ1) is 16.4. The number of aliphatic imine (C=N–C) groups is 1. The van der Waals surface area contributed by atoms with E-state index in [2.05, 4.69) is 9.98 Å². The van der Waals surface area contributed by atoms with E-state index in [1.165, 1.54) is 12.1 Å². The maximum absolute atomic E-state index is 13.5. The van der Waals surface area contributed by atoms with Crippen molar-refractivity contribution >= 4 is 17.8 Å². The third-order valence-electron chi connectivity index (χ3n) is 5.89. The van der Waals surface area contributed by atoms with Crippen LogP contribution in [0.1, 0.15) is 23.7 Å². The lowest BCUT2D eigenvalue weighted by molar-refractivity contribution is -0.148. The largest absolute Gasteiger partial charge is 0.495 e. The number of methoxy groups -OCH3 is 1. The first-order valence-corrected chi connectivity index (χ1v) is 10.9. The molecular weight excluding hydrogens is 435 g/mol. The third-order valence-corrected chi connectivity index (χ3v) is 5.89. The van der Waals surface area contributed by atoms with E-state index in [9.17, 15) is 9.18 Å². The molecule has 1 aliphatic rings. The molecular formula is C26H27FN4O3. The number of imidazole rings is 1. The molecule has 176 valence electrons. The SMILES string of the molecule is CN=C(/C=C/c1ccc(-n2cnc(C)c2)c(OC)c1)N1C(=O)COCC1(C)c1ccc(F)cc1. The summed E-state index contributed by atoms with van der Waals surface area (Å²) in [5.41, 5.74) is 2.59. The van der Waals surface area contributed by atoms with E-state index in [1.54, 1.807) is 43.6 Å². The second kappa shape index (κ2) is 9.61. The van der Waals surface area contributed by atoms with Gasteiger partial charge in [-0.1, -0.05) is 24.3 Å². The Kier molecular flexibility index (Phi) is 6.61. The Hall–Kier alpha value is -3.78. The minimum Gasteiger partial charge on any atom is -0.495 e. The number of benzene rings is 2. The van der Waals surface area contributed by atoms with Crippen molar-refractivity contribution in [1.82, 2.24) is 14.5 Å². The number of hydrogen-bond donors (Lipinski definition) is 0. The number of rotatable bonds is 5. The first kappa shape index (κ1) is 23.4. The van der Waals surface area contributed by atoms with Crippen molar-refractivity contribution in [2.45, 2.75) is 19.4 Å². The van der Waals surface area contributed by atoms with Gasteiger partial charge >= 0.3 is 0 Å². The van der Waals surface area contributed by atoms with E-state index in [1.807, 2.05) is 48.9 Å². The lowest BCUT2D eigenvalue weighted by Crippen LogP contribution is -2.57. The lowest BCUT2D eigenvalue weighted by atomic mass is 9.89. The van der Waals surface area contributed by atoms with Gasteiger partial charge in [-0.3, -0.25) is 14.7 Å². The van der Waals surface area contributed by atoms with Crippen molar-refractivity contribution < 1.29 is 18.7 Å². The number of carbonyl (C=O) groups is 1. The average molecular weight is 463 g/mol. The van der Waals surface area contributed by atoms with Crippen molar-refractivity contribution in [2.75, 3.05) is 27.4 Å². The number of carbonyl (C=O) groups excluding carboxylic acids is 1. The van der Waals surface area contributed by atoms with Crippen LogP contribution in [0.15, 0.2) is 66.1 Å². The van der Waals surface area contributed by atoms with Crippen LogP contribution in [-0.4, -0.2) is 53.6 Å². The Bertz CT molecular complexity index is 1250. The van der Waals surface area contributed by atoms with E-state index in [-0.39, 0.29) is 24.9 Å². The number of amides is 1. The predicted molar refractivity (Wildman–Crippen MR) is 129 cm³/mol. The molecule has 1 unspecified atom stereocenters. The number of hydrogen-bond acceptors (Lipinski definition) is 5. The van der Waals surface area contributed by atoms with Gasteiger partial charge in [0, 0.05) is 13.2 Å². The number of amidine groups is 1. The molecule has 0 bridgehead atoms. The summed E-state index contributed by atoms with van der Waals surface area (Å²) in [5, 5.41) is 0. The zero-order valence-electron chi connectivity index (χ0n) is 19.7. The van der Waals surface area contributed by atoms with Crippen molar-refractivity contribution in [3.05, 3.63) is 83.7 Å². The standard InChI is InChI=1S/C26H27FN4O3/c1-18-14-30(17-29-18)22-11-5-19(13-23(22)33-4)6-12-24(28-3)31-25(32)15-34-16-26(31,2)20-7-9-21(27)10-8-20/h5-14,17H,15-16H2,1-4H3/b12-6+,28-24?. The summed E-state index contributed by atoms with van der Waals surface area (Å²) in [6, 6.07) is 11.9. The quantitative estimate of drug-likeness (QED) is 0.422. The number of morpholine rings is 1. The predicted octanol–water partition coefficient (Wildman–Crippen LogP) is 4.14. The molecule has 2 heterocycles. The van der Waals surface area contributed by atoms with Gasteiger partial charge in [0.25, 0.3) is 5.91 Å². The fourth-order valence-corrected chi connectivity index (χ4v) is 4.13. The van der Waals surface area contributed by atoms with E-state index in [0.717, 1.165) is 22.5 Å². The maximum atomic E-state index is 13.5. The van der Waals surface area contributed by atoms with Crippen LogP contribution in [0, 0.1) is 12.7 Å². The third kappa shape index (κ3) is 4.49. The maximum Gasteiger partial charge on any atom is 0.255 e. The lowest BCUT2D eigenvalue weighted by Gasteiger charge is -2.44. The van der Waals surface area contributed by atoms with Gasteiger partial charge in [-0.25, -0.2) is 9.37 Å². The Balaban J connectivity index is 1.65. The van der Waals surface area contributed by atoms with E-state index < -0.39 is 5.54 Å². The molecule has 0 spiro atoms.